The van der Waals surface area contributed by atoms with Crippen molar-refractivity contribution in [1.82, 2.24) is 4.90 Å². The Morgan fingerprint density at radius 1 is 1.00 bits per heavy atom. The van der Waals surface area contributed by atoms with Gasteiger partial charge in [0.1, 0.15) is 5.75 Å². The summed E-state index contributed by atoms with van der Waals surface area (Å²) in [5, 5.41) is 2.98. The average molecular weight is 430 g/mol. The topological polar surface area (TPSA) is 61.9 Å². The number of amides is 3. The number of anilines is 2. The summed E-state index contributed by atoms with van der Waals surface area (Å²) in [4.78, 5) is 29.8. The van der Waals surface area contributed by atoms with Crippen molar-refractivity contribution in [2.45, 2.75) is 19.9 Å². The van der Waals surface area contributed by atoms with Crippen LogP contribution in [0.15, 0.2) is 72.8 Å². The largest absolute Gasteiger partial charge is 0.497 e. The van der Waals surface area contributed by atoms with Gasteiger partial charge in [-0.3, -0.25) is 9.69 Å². The minimum absolute atomic E-state index is 0.0728. The number of nitrogens with one attached hydrogen (secondary N) is 1. The Balaban J connectivity index is 1.60. The van der Waals surface area contributed by atoms with Crippen molar-refractivity contribution in [3.8, 4) is 5.75 Å². The van der Waals surface area contributed by atoms with Crippen LogP contribution in [0.25, 0.3) is 0 Å². The van der Waals surface area contributed by atoms with E-state index in [9.17, 15) is 9.59 Å². The van der Waals surface area contributed by atoms with Gasteiger partial charge in [-0.2, -0.15) is 0 Å². The van der Waals surface area contributed by atoms with Crippen LogP contribution in [-0.4, -0.2) is 37.0 Å². The molecule has 0 unspecified atom stereocenters. The molecule has 1 aliphatic heterocycles. The number of hydrogen-bond acceptors (Lipinski definition) is 3. The third-order valence-electron chi connectivity index (χ3n) is 5.55. The molecule has 1 saturated heterocycles. The van der Waals surface area contributed by atoms with E-state index < -0.39 is 0 Å². The summed E-state index contributed by atoms with van der Waals surface area (Å²) >= 11 is 0. The van der Waals surface area contributed by atoms with Crippen LogP contribution in [0.3, 0.4) is 0 Å². The summed E-state index contributed by atoms with van der Waals surface area (Å²) in [6, 6.07) is 22.7. The lowest BCUT2D eigenvalue weighted by Crippen LogP contribution is -2.49. The summed E-state index contributed by atoms with van der Waals surface area (Å²) in [6.45, 7) is 3.79. The average Bonchev–Trinajstić information content (AvgIpc) is 2.81. The van der Waals surface area contributed by atoms with Crippen molar-refractivity contribution in [2.75, 3.05) is 30.4 Å². The number of hydrogen-bond donors (Lipinski definition) is 1. The summed E-state index contributed by atoms with van der Waals surface area (Å²) in [5.41, 5.74) is 3.87. The van der Waals surface area contributed by atoms with Gasteiger partial charge in [0.25, 0.3) is 5.91 Å². The fourth-order valence-electron chi connectivity index (χ4n) is 3.91. The Hall–Kier alpha value is -3.80. The Morgan fingerprint density at radius 2 is 1.81 bits per heavy atom. The molecule has 0 aliphatic carbocycles. The summed E-state index contributed by atoms with van der Waals surface area (Å²) in [6.07, 6.45) is 0.843. The molecule has 0 aromatic heterocycles. The molecule has 0 saturated carbocycles. The van der Waals surface area contributed by atoms with Crippen LogP contribution in [0, 0.1) is 6.92 Å². The number of nitrogens with zero attached hydrogens (tertiary/aromatic N) is 2. The molecule has 6 nitrogen and oxygen atoms in total. The first-order valence-corrected chi connectivity index (χ1v) is 10.7. The van der Waals surface area contributed by atoms with Gasteiger partial charge in [-0.15, -0.1) is 0 Å². The number of benzene rings is 3. The normalized spacial score (nSPS) is 13.8. The molecule has 1 aliphatic rings. The van der Waals surface area contributed by atoms with Crippen molar-refractivity contribution in [3.05, 3.63) is 89.5 Å². The Labute approximate surface area is 188 Å². The third-order valence-corrected chi connectivity index (χ3v) is 5.55. The molecule has 0 radical (unpaired) electrons. The van der Waals surface area contributed by atoms with Gasteiger partial charge >= 0.3 is 6.03 Å². The Kier molecular flexibility index (Phi) is 6.40. The first-order valence-electron chi connectivity index (χ1n) is 10.7. The van der Waals surface area contributed by atoms with Crippen molar-refractivity contribution in [2.24, 2.45) is 0 Å². The fraction of sp³-hybridized carbons (Fsp3) is 0.231. The van der Waals surface area contributed by atoms with Crippen LogP contribution in [0.5, 0.6) is 5.75 Å². The van der Waals surface area contributed by atoms with Crippen LogP contribution in [0.2, 0.25) is 0 Å². The molecule has 4 rings (SSSR count). The molecule has 0 spiro atoms. The van der Waals surface area contributed by atoms with Crippen molar-refractivity contribution in [3.63, 3.8) is 0 Å². The van der Waals surface area contributed by atoms with Crippen LogP contribution in [0.4, 0.5) is 16.2 Å². The number of methoxy groups -OCH3 is 1. The van der Waals surface area contributed by atoms with E-state index >= 15 is 0 Å². The molecule has 3 aromatic rings. The maximum atomic E-state index is 13.3. The maximum absolute atomic E-state index is 13.3. The van der Waals surface area contributed by atoms with Crippen LogP contribution in [-0.2, 0) is 6.54 Å². The van der Waals surface area contributed by atoms with E-state index in [0.29, 0.717) is 42.3 Å². The molecule has 3 amide bonds. The molecule has 1 N–H and O–H groups in total. The van der Waals surface area contributed by atoms with Crippen molar-refractivity contribution < 1.29 is 14.3 Å². The van der Waals surface area contributed by atoms with E-state index in [1.807, 2.05) is 66.4 Å². The number of aryl methyl sites for hydroxylation is 1. The number of rotatable bonds is 6. The fourth-order valence-corrected chi connectivity index (χ4v) is 3.91. The standard InChI is InChI=1S/C26H27N3O3/c1-19-8-6-11-21(16-19)25(30)27-23-17-22(32-2)12-13-24(23)29-15-7-14-28(26(29)31)18-20-9-4-3-5-10-20/h3-6,8-13,16-17H,7,14-15,18H2,1-2H3,(H,27,30). The number of urea groups is 1. The highest BCUT2D eigenvalue weighted by atomic mass is 16.5. The summed E-state index contributed by atoms with van der Waals surface area (Å²) in [7, 11) is 1.58. The molecule has 32 heavy (non-hydrogen) atoms. The second-order valence-electron chi connectivity index (χ2n) is 7.90. The number of carbonyl (C=O) groups excluding carboxylic acids is 2. The first-order chi connectivity index (χ1) is 15.5. The molecule has 0 atom stereocenters. The lowest BCUT2D eigenvalue weighted by atomic mass is 10.1. The first kappa shape index (κ1) is 21.4. The van der Waals surface area contributed by atoms with E-state index in [0.717, 1.165) is 17.5 Å². The highest BCUT2D eigenvalue weighted by Gasteiger charge is 2.29. The van der Waals surface area contributed by atoms with E-state index in [2.05, 4.69) is 5.32 Å². The predicted octanol–water partition coefficient (Wildman–Crippen LogP) is 5.09. The van der Waals surface area contributed by atoms with Gasteiger partial charge in [0.05, 0.1) is 18.5 Å². The van der Waals surface area contributed by atoms with Gasteiger partial charge in [-0.25, -0.2) is 4.79 Å². The van der Waals surface area contributed by atoms with Gasteiger partial charge in [-0.1, -0.05) is 48.0 Å². The highest BCUT2D eigenvalue weighted by molar-refractivity contribution is 6.08. The lowest BCUT2D eigenvalue weighted by molar-refractivity contribution is 0.102. The van der Waals surface area contributed by atoms with E-state index in [-0.39, 0.29) is 11.9 Å². The van der Waals surface area contributed by atoms with Crippen LogP contribution >= 0.6 is 0 Å². The second-order valence-corrected chi connectivity index (χ2v) is 7.90. The predicted molar refractivity (Wildman–Crippen MR) is 126 cm³/mol. The third kappa shape index (κ3) is 4.75. The van der Waals surface area contributed by atoms with E-state index in [4.69, 9.17) is 4.74 Å². The van der Waals surface area contributed by atoms with Gasteiger partial charge in [-0.05, 0) is 43.2 Å². The van der Waals surface area contributed by atoms with E-state index in [1.165, 1.54) is 0 Å². The Bertz CT molecular complexity index is 1110. The quantitative estimate of drug-likeness (QED) is 0.594. The van der Waals surface area contributed by atoms with Gasteiger partial charge < -0.3 is 15.0 Å². The van der Waals surface area contributed by atoms with Crippen LogP contribution in [0.1, 0.15) is 27.9 Å². The Morgan fingerprint density at radius 3 is 2.56 bits per heavy atom. The van der Waals surface area contributed by atoms with Crippen molar-refractivity contribution in [1.29, 1.82) is 0 Å². The molecule has 1 heterocycles. The second kappa shape index (κ2) is 9.56. The van der Waals surface area contributed by atoms with E-state index in [1.54, 1.807) is 30.2 Å². The molecule has 164 valence electrons. The monoisotopic (exact) mass is 429 g/mol. The summed E-state index contributed by atoms with van der Waals surface area (Å²) < 4.78 is 5.37. The smallest absolute Gasteiger partial charge is 0.324 e. The highest BCUT2D eigenvalue weighted by Crippen LogP contribution is 2.33. The zero-order chi connectivity index (χ0) is 22.5. The molecule has 6 heteroatoms. The lowest BCUT2D eigenvalue weighted by Gasteiger charge is -2.36. The molecular formula is C26H27N3O3. The van der Waals surface area contributed by atoms with Crippen LogP contribution < -0.4 is 15.0 Å². The van der Waals surface area contributed by atoms with Gasteiger partial charge in [0.15, 0.2) is 0 Å². The molecule has 1 fully saturated rings. The zero-order valence-corrected chi connectivity index (χ0v) is 18.4. The maximum Gasteiger partial charge on any atom is 0.324 e. The molecule has 0 bridgehead atoms. The molecule has 3 aromatic carbocycles. The number of carbonyl (C=O) groups is 2. The number of ether oxygens (including phenoxy) is 1. The SMILES string of the molecule is COc1ccc(N2CCCN(Cc3ccccc3)C2=O)c(NC(=O)c2cccc(C)c2)c1. The minimum atomic E-state index is -0.228. The molecular weight excluding hydrogens is 402 g/mol. The zero-order valence-electron chi connectivity index (χ0n) is 18.4. The minimum Gasteiger partial charge on any atom is -0.497 e. The van der Waals surface area contributed by atoms with Gasteiger partial charge in [0.2, 0.25) is 0 Å². The summed E-state index contributed by atoms with van der Waals surface area (Å²) in [5.74, 6) is 0.382. The van der Waals surface area contributed by atoms with Crippen molar-refractivity contribution >= 4 is 23.3 Å². The van der Waals surface area contributed by atoms with Gasteiger partial charge in [0, 0.05) is 31.3 Å².